The first-order chi connectivity index (χ1) is 27.8. The molecule has 0 aliphatic carbocycles. The minimum absolute atomic E-state index is 1.11. The molecule has 262 valence electrons. The maximum Gasteiger partial charge on any atom is 0.0546 e. The third kappa shape index (κ3) is 5.46. The van der Waals surface area contributed by atoms with Gasteiger partial charge >= 0.3 is 0 Å². The highest BCUT2D eigenvalue weighted by Crippen LogP contribution is 2.44. The van der Waals surface area contributed by atoms with Gasteiger partial charge in [0.25, 0.3) is 0 Å². The van der Waals surface area contributed by atoms with E-state index >= 15 is 0 Å². The molecule has 0 bridgehead atoms. The maximum absolute atomic E-state index is 2.43. The van der Waals surface area contributed by atoms with Gasteiger partial charge in [0.2, 0.25) is 0 Å². The number of thiophene rings is 1. The zero-order valence-corrected chi connectivity index (χ0v) is 31.4. The topological polar surface area (TPSA) is 3.24 Å². The number of benzene rings is 10. The van der Waals surface area contributed by atoms with Crippen molar-refractivity contribution in [1.82, 2.24) is 0 Å². The molecule has 0 aliphatic rings. The third-order valence-corrected chi connectivity index (χ3v) is 12.4. The van der Waals surface area contributed by atoms with Crippen LogP contribution in [-0.4, -0.2) is 0 Å². The van der Waals surface area contributed by atoms with Gasteiger partial charge in [0.05, 0.1) is 5.69 Å². The second kappa shape index (κ2) is 13.4. The minimum atomic E-state index is 1.11. The molecule has 11 aromatic rings. The van der Waals surface area contributed by atoms with E-state index in [0.29, 0.717) is 0 Å². The van der Waals surface area contributed by atoms with Gasteiger partial charge in [-0.15, -0.1) is 11.3 Å². The predicted molar refractivity (Wildman–Crippen MR) is 243 cm³/mol. The molecule has 0 atom stereocenters. The van der Waals surface area contributed by atoms with Crippen molar-refractivity contribution in [1.29, 1.82) is 0 Å². The molecule has 0 amide bonds. The lowest BCUT2D eigenvalue weighted by atomic mass is 9.95. The van der Waals surface area contributed by atoms with Gasteiger partial charge in [-0.3, -0.25) is 0 Å². The molecule has 1 aromatic heterocycles. The Kier molecular flexibility index (Phi) is 7.75. The average Bonchev–Trinajstić information content (AvgIpc) is 3.66. The van der Waals surface area contributed by atoms with Crippen LogP contribution in [-0.2, 0) is 0 Å². The summed E-state index contributed by atoms with van der Waals surface area (Å²) in [5.74, 6) is 0. The minimum Gasteiger partial charge on any atom is -0.310 e. The fourth-order valence-corrected chi connectivity index (χ4v) is 9.73. The van der Waals surface area contributed by atoms with Crippen molar-refractivity contribution in [2.45, 2.75) is 0 Å². The summed E-state index contributed by atoms with van der Waals surface area (Å²) in [5.41, 5.74) is 10.7. The highest BCUT2D eigenvalue weighted by atomic mass is 32.1. The van der Waals surface area contributed by atoms with Crippen molar-refractivity contribution in [3.63, 3.8) is 0 Å². The van der Waals surface area contributed by atoms with Crippen molar-refractivity contribution in [2.24, 2.45) is 0 Å². The highest BCUT2D eigenvalue weighted by molar-refractivity contribution is 7.25. The summed E-state index contributed by atoms with van der Waals surface area (Å²) in [6.45, 7) is 0. The van der Waals surface area contributed by atoms with Crippen LogP contribution in [0.15, 0.2) is 212 Å². The summed E-state index contributed by atoms with van der Waals surface area (Å²) < 4.78 is 2.64. The lowest BCUT2D eigenvalue weighted by molar-refractivity contribution is 1.30. The summed E-state index contributed by atoms with van der Waals surface area (Å²) in [4.78, 5) is 2.43. The number of fused-ring (bicyclic) bond motifs is 7. The summed E-state index contributed by atoms with van der Waals surface area (Å²) in [5, 5.41) is 10.1. The van der Waals surface area contributed by atoms with Gasteiger partial charge in [-0.2, -0.15) is 0 Å². The van der Waals surface area contributed by atoms with Gasteiger partial charge in [-0.1, -0.05) is 164 Å². The number of hydrogen-bond acceptors (Lipinski definition) is 2. The van der Waals surface area contributed by atoms with E-state index in [2.05, 4.69) is 217 Å². The predicted octanol–water partition coefficient (Wildman–Crippen LogP) is 16.0. The van der Waals surface area contributed by atoms with Crippen LogP contribution in [0.2, 0.25) is 0 Å². The molecule has 0 unspecified atom stereocenters. The van der Waals surface area contributed by atoms with Gasteiger partial charge in [-0.05, 0) is 109 Å². The van der Waals surface area contributed by atoms with Gasteiger partial charge < -0.3 is 4.90 Å². The summed E-state index contributed by atoms with van der Waals surface area (Å²) in [6, 6.07) is 77.7. The smallest absolute Gasteiger partial charge is 0.0546 e. The van der Waals surface area contributed by atoms with E-state index in [0.717, 1.165) is 17.1 Å². The normalized spacial score (nSPS) is 11.6. The number of anilines is 3. The SMILES string of the molecule is c1cc(-c2ccc(N(c3ccc(-c4cccc5sc6ccccc6c45)cc3)c3cc4ccccc4c4ccccc34)cc2)cc(-c2cccc3ccccc23)c1. The third-order valence-electron chi connectivity index (χ3n) is 11.2. The molecule has 0 saturated carbocycles. The molecule has 2 heteroatoms. The maximum atomic E-state index is 2.43. The zero-order valence-electron chi connectivity index (χ0n) is 30.6. The van der Waals surface area contributed by atoms with Gasteiger partial charge in [0, 0.05) is 36.9 Å². The molecule has 0 aliphatic heterocycles. The molecule has 0 radical (unpaired) electrons. The Hall–Kier alpha value is -7.00. The van der Waals surface area contributed by atoms with E-state index in [9.17, 15) is 0 Å². The van der Waals surface area contributed by atoms with E-state index in [1.807, 2.05) is 11.3 Å². The van der Waals surface area contributed by atoms with E-state index < -0.39 is 0 Å². The van der Waals surface area contributed by atoms with Gasteiger partial charge in [0.15, 0.2) is 0 Å². The van der Waals surface area contributed by atoms with Crippen molar-refractivity contribution in [3.05, 3.63) is 212 Å². The number of hydrogen-bond donors (Lipinski definition) is 0. The summed E-state index contributed by atoms with van der Waals surface area (Å²) in [7, 11) is 0. The van der Waals surface area contributed by atoms with Crippen LogP contribution in [0.25, 0.3) is 85.9 Å². The molecular weight excluding hydrogens is 695 g/mol. The molecular formula is C54H35NS. The van der Waals surface area contributed by atoms with Crippen molar-refractivity contribution in [2.75, 3.05) is 4.90 Å². The number of nitrogens with zero attached hydrogens (tertiary/aromatic N) is 1. The second-order valence-electron chi connectivity index (χ2n) is 14.5. The molecule has 0 saturated heterocycles. The van der Waals surface area contributed by atoms with Crippen molar-refractivity contribution >= 4 is 80.9 Å². The molecule has 1 heterocycles. The Balaban J connectivity index is 1.04. The first-order valence-corrected chi connectivity index (χ1v) is 20.0. The standard InChI is InChI=1S/C54H35NS/c1-3-17-44-37(12-1)14-10-22-45(44)40-16-9-15-39(34-40)36-26-30-42(31-27-36)55(51-35-41-13-2-4-18-46(41)48-19-5-6-20-49(48)51)43-32-28-38(29-33-43)47-23-11-25-53-54(47)50-21-7-8-24-52(50)56-53/h1-35H. The molecule has 10 aromatic carbocycles. The molecule has 56 heavy (non-hydrogen) atoms. The molecule has 0 spiro atoms. The van der Waals surface area contributed by atoms with E-state index in [1.165, 1.54) is 85.9 Å². The Morgan fingerprint density at radius 2 is 0.857 bits per heavy atom. The average molecular weight is 730 g/mol. The quantitative estimate of drug-likeness (QED) is 0.154. The molecule has 0 N–H and O–H groups in total. The first-order valence-electron chi connectivity index (χ1n) is 19.2. The molecule has 11 rings (SSSR count). The van der Waals surface area contributed by atoms with Crippen LogP contribution in [0.5, 0.6) is 0 Å². The molecule has 0 fully saturated rings. The monoisotopic (exact) mass is 729 g/mol. The van der Waals surface area contributed by atoms with Gasteiger partial charge in [0.1, 0.15) is 0 Å². The second-order valence-corrected chi connectivity index (χ2v) is 15.6. The summed E-state index contributed by atoms with van der Waals surface area (Å²) >= 11 is 1.87. The van der Waals surface area contributed by atoms with Crippen molar-refractivity contribution in [3.8, 4) is 33.4 Å². The lowest BCUT2D eigenvalue weighted by Gasteiger charge is -2.28. The number of rotatable bonds is 6. The lowest BCUT2D eigenvalue weighted by Crippen LogP contribution is -2.10. The van der Waals surface area contributed by atoms with Crippen LogP contribution >= 0.6 is 11.3 Å². The Morgan fingerprint density at radius 1 is 0.304 bits per heavy atom. The highest BCUT2D eigenvalue weighted by Gasteiger charge is 2.19. The Bertz CT molecular complexity index is 3240. The molecule has 1 nitrogen and oxygen atoms in total. The van der Waals surface area contributed by atoms with E-state index in [4.69, 9.17) is 0 Å². The van der Waals surface area contributed by atoms with Crippen LogP contribution in [0.3, 0.4) is 0 Å². The first kappa shape index (κ1) is 32.4. The fourth-order valence-electron chi connectivity index (χ4n) is 8.60. The van der Waals surface area contributed by atoms with E-state index in [-0.39, 0.29) is 0 Å². The van der Waals surface area contributed by atoms with Crippen LogP contribution in [0.1, 0.15) is 0 Å². The van der Waals surface area contributed by atoms with Crippen LogP contribution in [0.4, 0.5) is 17.1 Å². The zero-order chi connectivity index (χ0) is 37.0. The van der Waals surface area contributed by atoms with Crippen LogP contribution < -0.4 is 4.90 Å². The van der Waals surface area contributed by atoms with Crippen LogP contribution in [0, 0.1) is 0 Å². The van der Waals surface area contributed by atoms with Crippen molar-refractivity contribution < 1.29 is 0 Å². The largest absolute Gasteiger partial charge is 0.310 e. The Morgan fingerprint density at radius 3 is 1.66 bits per heavy atom. The summed E-state index contributed by atoms with van der Waals surface area (Å²) in [6.07, 6.45) is 0. The van der Waals surface area contributed by atoms with Gasteiger partial charge in [-0.25, -0.2) is 0 Å². The fraction of sp³-hybridized carbons (Fsp3) is 0. The Labute approximate surface area is 330 Å². The van der Waals surface area contributed by atoms with E-state index in [1.54, 1.807) is 0 Å².